The van der Waals surface area contributed by atoms with Gasteiger partial charge in [-0.25, -0.2) is 0 Å². The summed E-state index contributed by atoms with van der Waals surface area (Å²) in [6.07, 6.45) is 0.161. The fraction of sp³-hybridized carbons (Fsp3) is 0.238. The number of methoxy groups -OCH3 is 1. The van der Waals surface area contributed by atoms with Crippen molar-refractivity contribution in [3.63, 3.8) is 0 Å². The van der Waals surface area contributed by atoms with Crippen LogP contribution in [0.4, 0.5) is 11.4 Å². The maximum atomic E-state index is 13.0. The van der Waals surface area contributed by atoms with Crippen molar-refractivity contribution in [2.45, 2.75) is 22.6 Å². The monoisotopic (exact) mass is 440 g/mol. The maximum Gasteiger partial charge on any atom is 0.229 e. The van der Waals surface area contributed by atoms with Crippen LogP contribution < -0.4 is 15.0 Å². The van der Waals surface area contributed by atoms with Crippen molar-refractivity contribution < 1.29 is 14.3 Å². The van der Waals surface area contributed by atoms with Gasteiger partial charge in [0, 0.05) is 17.9 Å². The number of para-hydroxylation sites is 1. The van der Waals surface area contributed by atoms with Crippen molar-refractivity contribution in [3.8, 4) is 5.75 Å². The summed E-state index contributed by atoms with van der Waals surface area (Å²) in [6, 6.07) is 13.2. The van der Waals surface area contributed by atoms with Gasteiger partial charge in [-0.3, -0.25) is 9.59 Å². The predicted molar refractivity (Wildman–Crippen MR) is 117 cm³/mol. The van der Waals surface area contributed by atoms with Gasteiger partial charge in [-0.1, -0.05) is 41.3 Å². The van der Waals surface area contributed by atoms with Crippen molar-refractivity contribution in [2.75, 3.05) is 23.9 Å². The number of ether oxygens (including phenoxy) is 1. The molecular formula is C21H20N4O3S2. The molecule has 154 valence electrons. The van der Waals surface area contributed by atoms with Crippen LogP contribution in [0.25, 0.3) is 0 Å². The lowest BCUT2D eigenvalue weighted by molar-refractivity contribution is -0.122. The van der Waals surface area contributed by atoms with Crippen LogP contribution >= 0.6 is 23.1 Å². The molecule has 1 aromatic heterocycles. The predicted octanol–water partition coefficient (Wildman–Crippen LogP) is 4.00. The fourth-order valence-electron chi connectivity index (χ4n) is 3.32. The van der Waals surface area contributed by atoms with E-state index in [9.17, 15) is 9.59 Å². The number of nitrogens with zero attached hydrogens (tertiary/aromatic N) is 3. The van der Waals surface area contributed by atoms with E-state index in [0.717, 1.165) is 14.8 Å². The molecule has 1 fully saturated rings. The van der Waals surface area contributed by atoms with Gasteiger partial charge in [-0.15, -0.1) is 10.2 Å². The lowest BCUT2D eigenvalue weighted by atomic mass is 10.1. The summed E-state index contributed by atoms with van der Waals surface area (Å²) in [7, 11) is 1.57. The number of carbonyl (C=O) groups is 2. The molecule has 9 heteroatoms. The molecule has 0 bridgehead atoms. The van der Waals surface area contributed by atoms with Crippen molar-refractivity contribution in [1.29, 1.82) is 0 Å². The average molecular weight is 441 g/mol. The van der Waals surface area contributed by atoms with Gasteiger partial charge in [0.1, 0.15) is 11.3 Å². The Labute approximate surface area is 182 Å². The molecule has 7 nitrogen and oxygen atoms in total. The van der Waals surface area contributed by atoms with Crippen LogP contribution in [0, 0.1) is 12.8 Å². The molecule has 1 saturated heterocycles. The lowest BCUT2D eigenvalue weighted by Crippen LogP contribution is -2.28. The number of aryl methyl sites for hydroxylation is 1. The van der Waals surface area contributed by atoms with Crippen LogP contribution in [0.3, 0.4) is 0 Å². The van der Waals surface area contributed by atoms with Crippen LogP contribution in [-0.2, 0) is 9.59 Å². The molecule has 4 rings (SSSR count). The molecule has 0 saturated carbocycles. The van der Waals surface area contributed by atoms with Crippen LogP contribution in [0.15, 0.2) is 57.2 Å². The normalized spacial score (nSPS) is 16.0. The number of hydrogen-bond donors (Lipinski definition) is 1. The summed E-state index contributed by atoms with van der Waals surface area (Å²) in [6.45, 7) is 2.27. The third-order valence-corrected chi connectivity index (χ3v) is 6.66. The molecule has 2 heterocycles. The zero-order chi connectivity index (χ0) is 21.1. The molecule has 1 unspecified atom stereocenters. The Morgan fingerprint density at radius 1 is 1.30 bits per heavy atom. The molecular weight excluding hydrogens is 420 g/mol. The molecule has 1 aliphatic heterocycles. The molecule has 1 aliphatic rings. The maximum absolute atomic E-state index is 13.0. The van der Waals surface area contributed by atoms with E-state index in [4.69, 9.17) is 4.74 Å². The SMILES string of the molecule is COc1ccc(C)cc1N1CC(C(=O)Nc2ccccc2Sc2nncs2)CC1=O. The number of anilines is 2. The van der Waals surface area contributed by atoms with Gasteiger partial charge in [-0.2, -0.15) is 0 Å². The van der Waals surface area contributed by atoms with Gasteiger partial charge < -0.3 is 15.0 Å². The summed E-state index contributed by atoms with van der Waals surface area (Å²) < 4.78 is 6.21. The number of rotatable bonds is 6. The van der Waals surface area contributed by atoms with Gasteiger partial charge in [0.2, 0.25) is 11.8 Å². The summed E-state index contributed by atoms with van der Waals surface area (Å²) in [5.41, 5.74) is 4.09. The number of amides is 2. The largest absolute Gasteiger partial charge is 0.495 e. The minimum Gasteiger partial charge on any atom is -0.495 e. The minimum atomic E-state index is -0.442. The molecule has 1 atom stereocenters. The van der Waals surface area contributed by atoms with E-state index in [-0.39, 0.29) is 18.2 Å². The van der Waals surface area contributed by atoms with Gasteiger partial charge in [0.25, 0.3) is 0 Å². The van der Waals surface area contributed by atoms with Gasteiger partial charge in [-0.05, 0) is 36.8 Å². The van der Waals surface area contributed by atoms with Gasteiger partial charge >= 0.3 is 0 Å². The second-order valence-corrected chi connectivity index (χ2v) is 9.00. The number of carbonyl (C=O) groups excluding carboxylic acids is 2. The van der Waals surface area contributed by atoms with Gasteiger partial charge in [0.15, 0.2) is 4.34 Å². The second kappa shape index (κ2) is 8.85. The zero-order valence-electron chi connectivity index (χ0n) is 16.5. The number of benzene rings is 2. The van der Waals surface area contributed by atoms with Crippen LogP contribution in [0.2, 0.25) is 0 Å². The Hall–Kier alpha value is -2.91. The Morgan fingerprint density at radius 2 is 2.13 bits per heavy atom. The number of nitrogens with one attached hydrogen (secondary N) is 1. The standard InChI is InChI=1S/C21H20N4O3S2/c1-13-7-8-17(28-2)16(9-13)25-11-14(10-19(25)26)20(27)23-15-5-3-4-6-18(15)30-21-24-22-12-29-21/h3-9,12,14H,10-11H2,1-2H3,(H,23,27). The topological polar surface area (TPSA) is 84.4 Å². The highest BCUT2D eigenvalue weighted by Gasteiger charge is 2.36. The highest BCUT2D eigenvalue weighted by atomic mass is 32.2. The lowest BCUT2D eigenvalue weighted by Gasteiger charge is -2.20. The van der Waals surface area contributed by atoms with Crippen molar-refractivity contribution >= 4 is 46.3 Å². The molecule has 0 radical (unpaired) electrons. The molecule has 30 heavy (non-hydrogen) atoms. The zero-order valence-corrected chi connectivity index (χ0v) is 18.1. The van der Waals surface area contributed by atoms with E-state index in [1.54, 1.807) is 17.5 Å². The fourth-order valence-corrected chi connectivity index (χ4v) is 4.84. The molecule has 2 aromatic carbocycles. The summed E-state index contributed by atoms with van der Waals surface area (Å²) in [5, 5.41) is 10.9. The van der Waals surface area contributed by atoms with E-state index in [1.807, 2.05) is 49.4 Å². The van der Waals surface area contributed by atoms with Crippen LogP contribution in [0.5, 0.6) is 5.75 Å². The van der Waals surface area contributed by atoms with Crippen molar-refractivity contribution in [2.24, 2.45) is 5.92 Å². The summed E-state index contributed by atoms with van der Waals surface area (Å²) in [5.74, 6) is -0.0885. The summed E-state index contributed by atoms with van der Waals surface area (Å²) >= 11 is 2.88. The molecule has 0 spiro atoms. The molecule has 2 amide bonds. The minimum absolute atomic E-state index is 0.0874. The highest BCUT2D eigenvalue weighted by Crippen LogP contribution is 2.36. The summed E-state index contributed by atoms with van der Waals surface area (Å²) in [4.78, 5) is 28.1. The van der Waals surface area contributed by atoms with Crippen molar-refractivity contribution in [1.82, 2.24) is 10.2 Å². The first-order valence-corrected chi connectivity index (χ1v) is 11.0. The smallest absolute Gasteiger partial charge is 0.229 e. The van der Waals surface area contributed by atoms with Crippen LogP contribution in [-0.4, -0.2) is 35.7 Å². The Balaban J connectivity index is 1.50. The first kappa shape index (κ1) is 20.4. The third kappa shape index (κ3) is 4.31. The first-order chi connectivity index (χ1) is 14.5. The molecule has 1 N–H and O–H groups in total. The quantitative estimate of drug-likeness (QED) is 0.624. The van der Waals surface area contributed by atoms with E-state index >= 15 is 0 Å². The Bertz CT molecular complexity index is 1070. The number of aromatic nitrogens is 2. The highest BCUT2D eigenvalue weighted by molar-refractivity contribution is 8.01. The van der Waals surface area contributed by atoms with Crippen LogP contribution in [0.1, 0.15) is 12.0 Å². The third-order valence-electron chi connectivity index (χ3n) is 4.80. The van der Waals surface area contributed by atoms with E-state index in [0.29, 0.717) is 23.7 Å². The Morgan fingerprint density at radius 3 is 2.90 bits per heavy atom. The first-order valence-electron chi connectivity index (χ1n) is 9.34. The van der Waals surface area contributed by atoms with E-state index in [1.165, 1.54) is 23.1 Å². The van der Waals surface area contributed by atoms with Crippen molar-refractivity contribution in [3.05, 3.63) is 53.5 Å². The molecule has 3 aromatic rings. The molecule has 0 aliphatic carbocycles. The van der Waals surface area contributed by atoms with E-state index in [2.05, 4.69) is 15.5 Å². The number of hydrogen-bond acceptors (Lipinski definition) is 7. The van der Waals surface area contributed by atoms with E-state index < -0.39 is 5.92 Å². The Kier molecular flexibility index (Phi) is 6.01. The average Bonchev–Trinajstić information content (AvgIpc) is 3.39. The van der Waals surface area contributed by atoms with Gasteiger partial charge in [0.05, 0.1) is 24.4 Å². The second-order valence-electron chi connectivity index (χ2n) is 6.87.